The fraction of sp³-hybridized carbons (Fsp3) is 0.800. The van der Waals surface area contributed by atoms with Crippen LogP contribution in [0, 0.1) is 5.92 Å². The number of nitrogen functional groups attached to an aromatic ring is 1. The highest BCUT2D eigenvalue weighted by Gasteiger charge is 2.27. The Morgan fingerprint density at radius 2 is 2.00 bits per heavy atom. The average Bonchev–Trinajstić information content (AvgIpc) is 2.77. The van der Waals surface area contributed by atoms with Crippen molar-refractivity contribution in [2.45, 2.75) is 49.4 Å². The second-order valence-corrected chi connectivity index (χ2v) is 7.61. The fourth-order valence-electron chi connectivity index (χ4n) is 2.35. The summed E-state index contributed by atoms with van der Waals surface area (Å²) in [5, 5.41) is 7.28. The Bertz CT molecular complexity index is 494. The first-order valence-corrected chi connectivity index (χ1v) is 8.40. The van der Waals surface area contributed by atoms with Crippen molar-refractivity contribution in [1.29, 1.82) is 0 Å². The number of sulfonamides is 1. The van der Waals surface area contributed by atoms with Gasteiger partial charge in [-0.25, -0.2) is 13.1 Å². The standard InChI is InChI=1S/C10H18N4O2S2/c1-7(8-5-3-2-4-6-8)14-18(15,16)10-13-12-9(11)17-10/h7-8,14H,2-6H2,1H3,(H2,11,12). The molecule has 1 atom stereocenters. The number of nitrogens with two attached hydrogens (primary N) is 1. The van der Waals surface area contributed by atoms with Gasteiger partial charge in [0.1, 0.15) is 0 Å². The van der Waals surface area contributed by atoms with Crippen LogP contribution in [0.15, 0.2) is 4.34 Å². The lowest BCUT2D eigenvalue weighted by atomic mass is 9.85. The minimum absolute atomic E-state index is 0.0531. The third-order valence-corrected chi connectivity index (χ3v) is 6.03. The van der Waals surface area contributed by atoms with E-state index in [-0.39, 0.29) is 15.5 Å². The largest absolute Gasteiger partial charge is 0.374 e. The van der Waals surface area contributed by atoms with Crippen molar-refractivity contribution in [1.82, 2.24) is 14.9 Å². The zero-order valence-electron chi connectivity index (χ0n) is 10.3. The van der Waals surface area contributed by atoms with Gasteiger partial charge in [-0.15, -0.1) is 10.2 Å². The maximum absolute atomic E-state index is 12.0. The van der Waals surface area contributed by atoms with Gasteiger partial charge in [-0.1, -0.05) is 30.6 Å². The maximum Gasteiger partial charge on any atom is 0.270 e. The van der Waals surface area contributed by atoms with Crippen LogP contribution < -0.4 is 10.5 Å². The van der Waals surface area contributed by atoms with E-state index in [1.165, 1.54) is 19.3 Å². The second-order valence-electron chi connectivity index (χ2n) is 4.71. The molecule has 1 aliphatic rings. The molecule has 0 bridgehead atoms. The van der Waals surface area contributed by atoms with E-state index in [1.54, 1.807) is 0 Å². The van der Waals surface area contributed by atoms with E-state index in [2.05, 4.69) is 14.9 Å². The Kier molecular flexibility index (Phi) is 4.18. The predicted molar refractivity (Wildman–Crippen MR) is 70.7 cm³/mol. The van der Waals surface area contributed by atoms with Crippen molar-refractivity contribution >= 4 is 26.5 Å². The molecule has 0 aliphatic heterocycles. The third-order valence-electron chi connectivity index (χ3n) is 3.35. The summed E-state index contributed by atoms with van der Waals surface area (Å²) in [6.07, 6.45) is 5.79. The van der Waals surface area contributed by atoms with Crippen LogP contribution in [-0.2, 0) is 10.0 Å². The normalized spacial score (nSPS) is 19.8. The summed E-state index contributed by atoms with van der Waals surface area (Å²) >= 11 is 0.888. The van der Waals surface area contributed by atoms with Crippen LogP contribution in [0.5, 0.6) is 0 Å². The molecule has 1 aliphatic carbocycles. The number of aromatic nitrogens is 2. The van der Waals surface area contributed by atoms with Crippen molar-refractivity contribution in [3.63, 3.8) is 0 Å². The molecule has 6 nitrogen and oxygen atoms in total. The fourth-order valence-corrected chi connectivity index (χ4v) is 4.47. The van der Waals surface area contributed by atoms with Crippen LogP contribution in [0.25, 0.3) is 0 Å². The Morgan fingerprint density at radius 3 is 2.56 bits per heavy atom. The molecule has 1 saturated carbocycles. The molecule has 1 aromatic rings. The minimum atomic E-state index is -3.57. The van der Waals surface area contributed by atoms with Crippen molar-refractivity contribution in [2.75, 3.05) is 5.73 Å². The molecule has 0 amide bonds. The lowest BCUT2D eigenvalue weighted by molar-refractivity contribution is 0.303. The monoisotopic (exact) mass is 290 g/mol. The molecule has 1 aromatic heterocycles. The number of rotatable bonds is 4. The molecular weight excluding hydrogens is 272 g/mol. The van der Waals surface area contributed by atoms with E-state index in [4.69, 9.17) is 5.73 Å². The van der Waals surface area contributed by atoms with Gasteiger partial charge in [0.25, 0.3) is 10.0 Å². The summed E-state index contributed by atoms with van der Waals surface area (Å²) in [5.41, 5.74) is 5.40. The highest BCUT2D eigenvalue weighted by atomic mass is 32.2. The quantitative estimate of drug-likeness (QED) is 0.872. The van der Waals surface area contributed by atoms with E-state index in [9.17, 15) is 8.42 Å². The summed E-state index contributed by atoms with van der Waals surface area (Å²) in [5.74, 6) is 0.416. The van der Waals surface area contributed by atoms with Crippen molar-refractivity contribution in [3.8, 4) is 0 Å². The average molecular weight is 290 g/mol. The predicted octanol–water partition coefficient (Wildman–Crippen LogP) is 1.37. The highest BCUT2D eigenvalue weighted by molar-refractivity contribution is 7.91. The van der Waals surface area contributed by atoms with Gasteiger partial charge in [0.2, 0.25) is 9.47 Å². The van der Waals surface area contributed by atoms with Gasteiger partial charge in [-0.2, -0.15) is 0 Å². The summed E-state index contributed by atoms with van der Waals surface area (Å²) in [7, 11) is -3.57. The Hall–Kier alpha value is -0.730. The first-order chi connectivity index (χ1) is 8.49. The summed E-state index contributed by atoms with van der Waals surface area (Å²) in [6.45, 7) is 1.91. The number of anilines is 1. The van der Waals surface area contributed by atoms with E-state index < -0.39 is 10.0 Å². The lowest BCUT2D eigenvalue weighted by Gasteiger charge is -2.27. The van der Waals surface area contributed by atoms with Gasteiger partial charge >= 0.3 is 0 Å². The third kappa shape index (κ3) is 3.18. The van der Waals surface area contributed by atoms with Gasteiger partial charge in [-0.05, 0) is 25.7 Å². The number of hydrogen-bond acceptors (Lipinski definition) is 6. The van der Waals surface area contributed by atoms with Crippen molar-refractivity contribution in [2.24, 2.45) is 5.92 Å². The van der Waals surface area contributed by atoms with Crippen molar-refractivity contribution < 1.29 is 8.42 Å². The molecule has 18 heavy (non-hydrogen) atoms. The Morgan fingerprint density at radius 1 is 1.33 bits per heavy atom. The zero-order valence-corrected chi connectivity index (χ0v) is 11.9. The summed E-state index contributed by atoms with van der Waals surface area (Å²) in [4.78, 5) is 0. The molecule has 8 heteroatoms. The van der Waals surface area contributed by atoms with Gasteiger partial charge in [0.05, 0.1) is 0 Å². The van der Waals surface area contributed by atoms with Gasteiger partial charge < -0.3 is 5.73 Å². The van der Waals surface area contributed by atoms with E-state index in [1.807, 2.05) is 6.92 Å². The Labute approximate surface area is 111 Å². The topological polar surface area (TPSA) is 98.0 Å². The minimum Gasteiger partial charge on any atom is -0.374 e. The van der Waals surface area contributed by atoms with Crippen LogP contribution in [-0.4, -0.2) is 24.7 Å². The Balaban J connectivity index is 2.03. The number of nitrogens with zero attached hydrogens (tertiary/aromatic N) is 2. The van der Waals surface area contributed by atoms with Crippen LogP contribution in [0.4, 0.5) is 5.13 Å². The summed E-state index contributed by atoms with van der Waals surface area (Å²) < 4.78 is 26.7. The van der Waals surface area contributed by atoms with Crippen LogP contribution >= 0.6 is 11.3 Å². The zero-order chi connectivity index (χ0) is 13.2. The SMILES string of the molecule is CC(NS(=O)(=O)c1nnc(N)s1)C1CCCCC1. The van der Waals surface area contributed by atoms with Crippen molar-refractivity contribution in [3.05, 3.63) is 0 Å². The molecule has 1 fully saturated rings. The number of hydrogen-bond donors (Lipinski definition) is 2. The smallest absolute Gasteiger partial charge is 0.270 e. The lowest BCUT2D eigenvalue weighted by Crippen LogP contribution is -2.38. The molecular formula is C10H18N4O2S2. The molecule has 3 N–H and O–H groups in total. The molecule has 0 spiro atoms. The van der Waals surface area contributed by atoms with Gasteiger partial charge in [0, 0.05) is 6.04 Å². The van der Waals surface area contributed by atoms with E-state index in [0.717, 1.165) is 24.2 Å². The molecule has 1 heterocycles. The van der Waals surface area contributed by atoms with Crippen LogP contribution in [0.2, 0.25) is 0 Å². The van der Waals surface area contributed by atoms with Crippen LogP contribution in [0.1, 0.15) is 39.0 Å². The molecule has 0 aromatic carbocycles. The van der Waals surface area contributed by atoms with E-state index in [0.29, 0.717) is 5.92 Å². The van der Waals surface area contributed by atoms with E-state index >= 15 is 0 Å². The highest BCUT2D eigenvalue weighted by Crippen LogP contribution is 2.27. The number of nitrogens with one attached hydrogen (secondary N) is 1. The first kappa shape index (κ1) is 13.7. The van der Waals surface area contributed by atoms with Gasteiger partial charge in [0.15, 0.2) is 0 Å². The molecule has 0 saturated heterocycles. The van der Waals surface area contributed by atoms with Gasteiger partial charge in [-0.3, -0.25) is 0 Å². The molecule has 2 rings (SSSR count). The molecule has 102 valence electrons. The first-order valence-electron chi connectivity index (χ1n) is 6.10. The van der Waals surface area contributed by atoms with Crippen LogP contribution in [0.3, 0.4) is 0 Å². The second kappa shape index (κ2) is 5.50. The molecule has 1 unspecified atom stereocenters. The molecule has 0 radical (unpaired) electrons. The maximum atomic E-state index is 12.0. The summed E-state index contributed by atoms with van der Waals surface area (Å²) in [6, 6.07) is -0.0691.